The number of carbonyl (C=O) groups is 1. The number of carbonyl (C=O) groups excluding carboxylic acids is 1. The van der Waals surface area contributed by atoms with Gasteiger partial charge in [0.05, 0.1) is 6.26 Å². The Labute approximate surface area is 83.9 Å². The summed E-state index contributed by atoms with van der Waals surface area (Å²) >= 11 is 0. The van der Waals surface area contributed by atoms with Crippen LogP contribution >= 0.6 is 0 Å². The van der Waals surface area contributed by atoms with Gasteiger partial charge in [0, 0.05) is 19.6 Å². The molecule has 0 aliphatic heterocycles. The van der Waals surface area contributed by atoms with Crippen LogP contribution in [0.5, 0.6) is 0 Å². The molecule has 0 spiro atoms. The molecule has 4 nitrogen and oxygen atoms in total. The fourth-order valence-electron chi connectivity index (χ4n) is 1.21. The Morgan fingerprint density at radius 2 is 2.43 bits per heavy atom. The van der Waals surface area contributed by atoms with Gasteiger partial charge < -0.3 is 14.6 Å². The Balaban J connectivity index is 2.56. The zero-order valence-corrected chi connectivity index (χ0v) is 8.62. The third-order valence-electron chi connectivity index (χ3n) is 2.03. The zero-order valence-electron chi connectivity index (χ0n) is 8.62. The van der Waals surface area contributed by atoms with Gasteiger partial charge in [0.1, 0.15) is 0 Å². The lowest BCUT2D eigenvalue weighted by Gasteiger charge is -2.19. The van der Waals surface area contributed by atoms with Crippen LogP contribution in [0.1, 0.15) is 17.5 Å². The lowest BCUT2D eigenvalue weighted by atomic mass is 10.3. The molecule has 14 heavy (non-hydrogen) atoms. The maximum Gasteiger partial charge on any atom is 0.289 e. The van der Waals surface area contributed by atoms with Gasteiger partial charge in [-0.2, -0.15) is 0 Å². The summed E-state index contributed by atoms with van der Waals surface area (Å²) in [6.45, 7) is 4.14. The smallest absolute Gasteiger partial charge is 0.289 e. The third-order valence-corrected chi connectivity index (χ3v) is 2.03. The third kappa shape index (κ3) is 2.60. The molecule has 0 bridgehead atoms. The van der Waals surface area contributed by atoms with Crippen LogP contribution in [0.2, 0.25) is 0 Å². The van der Waals surface area contributed by atoms with Crippen LogP contribution in [-0.4, -0.2) is 37.5 Å². The van der Waals surface area contributed by atoms with E-state index in [0.717, 1.165) is 6.54 Å². The van der Waals surface area contributed by atoms with E-state index in [0.29, 0.717) is 18.8 Å². The van der Waals surface area contributed by atoms with Crippen LogP contribution in [0, 0.1) is 0 Å². The summed E-state index contributed by atoms with van der Waals surface area (Å²) in [7, 11) is 1.87. The predicted molar refractivity (Wildman–Crippen MR) is 54.2 cm³/mol. The van der Waals surface area contributed by atoms with Crippen molar-refractivity contribution in [1.29, 1.82) is 0 Å². The first-order chi connectivity index (χ1) is 6.79. The summed E-state index contributed by atoms with van der Waals surface area (Å²) in [5.41, 5.74) is 0. The minimum Gasteiger partial charge on any atom is -0.459 e. The van der Waals surface area contributed by atoms with Gasteiger partial charge in [-0.15, -0.1) is 0 Å². The molecular formula is C10H16N2O2. The molecule has 1 aromatic rings. The molecule has 0 radical (unpaired) electrons. The largest absolute Gasteiger partial charge is 0.459 e. The molecule has 0 unspecified atom stereocenters. The van der Waals surface area contributed by atoms with E-state index >= 15 is 0 Å². The predicted octanol–water partition coefficient (Wildman–Crippen LogP) is 0.961. The van der Waals surface area contributed by atoms with Gasteiger partial charge in [0.25, 0.3) is 5.91 Å². The lowest BCUT2D eigenvalue weighted by molar-refractivity contribution is 0.0734. The number of hydrogen-bond acceptors (Lipinski definition) is 3. The maximum atomic E-state index is 11.7. The fourth-order valence-corrected chi connectivity index (χ4v) is 1.21. The second-order valence-electron chi connectivity index (χ2n) is 2.97. The molecule has 1 amide bonds. The first kappa shape index (κ1) is 10.8. The van der Waals surface area contributed by atoms with Crippen LogP contribution in [0.4, 0.5) is 0 Å². The minimum absolute atomic E-state index is 0.0484. The number of nitrogens with zero attached hydrogens (tertiary/aromatic N) is 1. The summed E-state index contributed by atoms with van der Waals surface area (Å²) in [4.78, 5) is 13.5. The Kier molecular flexibility index (Phi) is 4.19. The molecule has 0 aliphatic carbocycles. The molecular weight excluding hydrogens is 180 g/mol. The van der Waals surface area contributed by atoms with Gasteiger partial charge in [0.15, 0.2) is 5.76 Å². The normalized spacial score (nSPS) is 10.1. The SMILES string of the molecule is CCN(CCNC)C(=O)c1ccco1. The summed E-state index contributed by atoms with van der Waals surface area (Å²) in [5, 5.41) is 3.01. The molecule has 1 aromatic heterocycles. The van der Waals surface area contributed by atoms with Crippen molar-refractivity contribution in [2.75, 3.05) is 26.7 Å². The van der Waals surface area contributed by atoms with Crippen molar-refractivity contribution in [1.82, 2.24) is 10.2 Å². The number of amides is 1. The highest BCUT2D eigenvalue weighted by atomic mass is 16.3. The number of hydrogen-bond donors (Lipinski definition) is 1. The number of likely N-dealkylation sites (N-methyl/N-ethyl adjacent to an activating group) is 2. The number of nitrogens with one attached hydrogen (secondary N) is 1. The van der Waals surface area contributed by atoms with Crippen molar-refractivity contribution in [3.63, 3.8) is 0 Å². The van der Waals surface area contributed by atoms with Gasteiger partial charge in [-0.1, -0.05) is 0 Å². The molecule has 0 fully saturated rings. The van der Waals surface area contributed by atoms with E-state index < -0.39 is 0 Å². The number of furan rings is 1. The summed E-state index contributed by atoms with van der Waals surface area (Å²) in [5.74, 6) is 0.357. The van der Waals surface area contributed by atoms with Crippen molar-refractivity contribution in [3.8, 4) is 0 Å². The van der Waals surface area contributed by atoms with E-state index in [9.17, 15) is 4.79 Å². The molecule has 0 aliphatic rings. The zero-order chi connectivity index (χ0) is 10.4. The van der Waals surface area contributed by atoms with Crippen LogP contribution in [0.25, 0.3) is 0 Å². The van der Waals surface area contributed by atoms with Gasteiger partial charge in [0.2, 0.25) is 0 Å². The van der Waals surface area contributed by atoms with Gasteiger partial charge >= 0.3 is 0 Å². The highest BCUT2D eigenvalue weighted by Crippen LogP contribution is 2.04. The van der Waals surface area contributed by atoms with Crippen molar-refractivity contribution < 1.29 is 9.21 Å². The fraction of sp³-hybridized carbons (Fsp3) is 0.500. The Morgan fingerprint density at radius 1 is 1.64 bits per heavy atom. The molecule has 0 saturated carbocycles. The van der Waals surface area contributed by atoms with Crippen LogP contribution in [-0.2, 0) is 0 Å². The highest BCUT2D eigenvalue weighted by molar-refractivity contribution is 5.91. The summed E-state index contributed by atoms with van der Waals surface area (Å²) in [6, 6.07) is 3.41. The topological polar surface area (TPSA) is 45.5 Å². The molecule has 1 heterocycles. The summed E-state index contributed by atoms with van der Waals surface area (Å²) < 4.78 is 5.05. The standard InChI is InChI=1S/C10H16N2O2/c1-3-12(7-6-11-2)10(13)9-5-4-8-14-9/h4-5,8,11H,3,6-7H2,1-2H3. The maximum absolute atomic E-state index is 11.7. The van der Waals surface area contributed by atoms with Crippen LogP contribution in [0.3, 0.4) is 0 Å². The molecule has 78 valence electrons. The number of rotatable bonds is 5. The molecule has 1 N–H and O–H groups in total. The highest BCUT2D eigenvalue weighted by Gasteiger charge is 2.15. The van der Waals surface area contributed by atoms with Gasteiger partial charge in [-0.3, -0.25) is 4.79 Å². The first-order valence-electron chi connectivity index (χ1n) is 4.77. The van der Waals surface area contributed by atoms with Gasteiger partial charge in [-0.05, 0) is 26.1 Å². The van der Waals surface area contributed by atoms with Crippen LogP contribution in [0.15, 0.2) is 22.8 Å². The quantitative estimate of drug-likeness (QED) is 0.763. The van der Waals surface area contributed by atoms with E-state index in [1.54, 1.807) is 17.0 Å². The molecule has 0 atom stereocenters. The van der Waals surface area contributed by atoms with Gasteiger partial charge in [-0.25, -0.2) is 0 Å². The van der Waals surface area contributed by atoms with E-state index in [4.69, 9.17) is 4.42 Å². The van der Waals surface area contributed by atoms with Crippen molar-refractivity contribution >= 4 is 5.91 Å². The molecule has 1 rings (SSSR count). The Hall–Kier alpha value is -1.29. The minimum atomic E-state index is -0.0484. The van der Waals surface area contributed by atoms with Crippen molar-refractivity contribution in [2.45, 2.75) is 6.92 Å². The lowest BCUT2D eigenvalue weighted by Crippen LogP contribution is -2.35. The molecule has 4 heteroatoms. The second-order valence-corrected chi connectivity index (χ2v) is 2.97. The Morgan fingerprint density at radius 3 is 2.93 bits per heavy atom. The summed E-state index contributed by atoms with van der Waals surface area (Å²) in [6.07, 6.45) is 1.51. The molecule has 0 aromatic carbocycles. The second kappa shape index (κ2) is 5.44. The van der Waals surface area contributed by atoms with Crippen molar-refractivity contribution in [2.24, 2.45) is 0 Å². The average Bonchev–Trinajstić information content (AvgIpc) is 2.71. The van der Waals surface area contributed by atoms with Crippen molar-refractivity contribution in [3.05, 3.63) is 24.2 Å². The van der Waals surface area contributed by atoms with E-state index in [2.05, 4.69) is 5.32 Å². The van der Waals surface area contributed by atoms with E-state index in [-0.39, 0.29) is 5.91 Å². The average molecular weight is 196 g/mol. The monoisotopic (exact) mass is 196 g/mol. The first-order valence-corrected chi connectivity index (χ1v) is 4.77. The van der Waals surface area contributed by atoms with E-state index in [1.165, 1.54) is 6.26 Å². The Bertz CT molecular complexity index is 270. The van der Waals surface area contributed by atoms with Crippen LogP contribution < -0.4 is 5.32 Å². The van der Waals surface area contributed by atoms with E-state index in [1.807, 2.05) is 14.0 Å². The molecule has 0 saturated heterocycles.